The van der Waals surface area contributed by atoms with Crippen molar-refractivity contribution in [1.29, 1.82) is 0 Å². The van der Waals surface area contributed by atoms with Crippen molar-refractivity contribution in [3.05, 3.63) is 76.9 Å². The molecule has 33 heavy (non-hydrogen) atoms. The summed E-state index contributed by atoms with van der Waals surface area (Å²) >= 11 is 6.15. The summed E-state index contributed by atoms with van der Waals surface area (Å²) in [5.74, 6) is 0.211. The molecule has 0 bridgehead atoms. The van der Waals surface area contributed by atoms with Gasteiger partial charge in [-0.25, -0.2) is 26.5 Å². The number of amides is 1. The first-order valence-corrected chi connectivity index (χ1v) is 13.2. The number of ether oxygens (including phenoxy) is 1. The number of pyridine rings is 1. The molecule has 3 rings (SSSR count). The van der Waals surface area contributed by atoms with Gasteiger partial charge in [0.1, 0.15) is 5.75 Å². The Morgan fingerprint density at radius 3 is 2.21 bits per heavy atom. The van der Waals surface area contributed by atoms with Gasteiger partial charge in [0.25, 0.3) is 5.91 Å². The van der Waals surface area contributed by atoms with Crippen molar-refractivity contribution >= 4 is 37.4 Å². The van der Waals surface area contributed by atoms with E-state index in [1.807, 2.05) is 0 Å². The molecule has 0 fully saturated rings. The Labute approximate surface area is 196 Å². The minimum Gasteiger partial charge on any atom is -0.439 e. The molecule has 174 valence electrons. The third kappa shape index (κ3) is 6.29. The SMILES string of the molecule is CNS(=O)(=O)c1ccc(CNC(=O)c2ccc(Oc3ccc(S(C)(=O)=O)cc3)nc2)c(Cl)c1. The Morgan fingerprint density at radius 2 is 1.67 bits per heavy atom. The monoisotopic (exact) mass is 509 g/mol. The molecule has 9 nitrogen and oxygen atoms in total. The molecule has 0 unspecified atom stereocenters. The van der Waals surface area contributed by atoms with Crippen LogP contribution in [0.25, 0.3) is 0 Å². The first-order chi connectivity index (χ1) is 15.5. The Kier molecular flexibility index (Phi) is 7.38. The van der Waals surface area contributed by atoms with E-state index in [9.17, 15) is 21.6 Å². The zero-order chi connectivity index (χ0) is 24.2. The van der Waals surface area contributed by atoms with Gasteiger partial charge in [-0.2, -0.15) is 0 Å². The Balaban J connectivity index is 1.61. The summed E-state index contributed by atoms with van der Waals surface area (Å²) in [6, 6.07) is 13.1. The molecule has 0 radical (unpaired) electrons. The molecule has 0 aliphatic heterocycles. The standard InChI is InChI=1S/C21H20ClN3O6S2/c1-23-33(29,30)18-7-3-14(19(22)11-18)12-25-21(26)15-4-10-20(24-13-15)31-16-5-8-17(9-6-16)32(2,27)28/h3-11,13,23H,12H2,1-2H3,(H,25,26). The summed E-state index contributed by atoms with van der Waals surface area (Å²) in [6.07, 6.45) is 2.45. The van der Waals surface area contributed by atoms with E-state index in [1.54, 1.807) is 0 Å². The number of sulfone groups is 1. The van der Waals surface area contributed by atoms with Crippen molar-refractivity contribution in [3.63, 3.8) is 0 Å². The molecule has 1 aromatic heterocycles. The third-order valence-corrected chi connectivity index (χ3v) is 7.41. The maximum Gasteiger partial charge on any atom is 0.253 e. The molecule has 12 heteroatoms. The maximum atomic E-state index is 12.4. The van der Waals surface area contributed by atoms with Crippen LogP contribution in [0.15, 0.2) is 70.6 Å². The van der Waals surface area contributed by atoms with Crippen LogP contribution in [0, 0.1) is 0 Å². The van der Waals surface area contributed by atoms with E-state index in [1.165, 1.54) is 67.8 Å². The van der Waals surface area contributed by atoms with Gasteiger partial charge in [-0.3, -0.25) is 4.79 Å². The van der Waals surface area contributed by atoms with Crippen LogP contribution in [-0.2, 0) is 26.4 Å². The Hall–Kier alpha value is -2.99. The molecule has 3 aromatic rings. The lowest BCUT2D eigenvalue weighted by Gasteiger charge is -2.10. The van der Waals surface area contributed by atoms with Crippen LogP contribution in [0.2, 0.25) is 5.02 Å². The fourth-order valence-corrected chi connectivity index (χ4v) is 4.38. The summed E-state index contributed by atoms with van der Waals surface area (Å²) in [5, 5.41) is 2.90. The average molecular weight is 510 g/mol. The molecule has 0 aliphatic rings. The number of halogens is 1. The number of carbonyl (C=O) groups excluding carboxylic acids is 1. The van der Waals surface area contributed by atoms with Crippen LogP contribution >= 0.6 is 11.6 Å². The van der Waals surface area contributed by atoms with Crippen LogP contribution in [0.4, 0.5) is 0 Å². The molecule has 0 spiro atoms. The maximum absolute atomic E-state index is 12.4. The molecule has 0 atom stereocenters. The van der Waals surface area contributed by atoms with Gasteiger partial charge < -0.3 is 10.1 Å². The molecular formula is C21H20ClN3O6S2. The van der Waals surface area contributed by atoms with E-state index in [0.717, 1.165) is 6.26 Å². The Bertz CT molecular complexity index is 1370. The van der Waals surface area contributed by atoms with Crippen molar-refractivity contribution in [2.75, 3.05) is 13.3 Å². The molecule has 2 aromatic carbocycles. The number of hydrogen-bond acceptors (Lipinski definition) is 7. The topological polar surface area (TPSA) is 132 Å². The first kappa shape index (κ1) is 24.6. The number of sulfonamides is 1. The lowest BCUT2D eigenvalue weighted by atomic mass is 10.2. The third-order valence-electron chi connectivity index (χ3n) is 4.52. The molecule has 0 aliphatic carbocycles. The van der Waals surface area contributed by atoms with Gasteiger partial charge in [-0.15, -0.1) is 0 Å². The highest BCUT2D eigenvalue weighted by atomic mass is 35.5. The van der Waals surface area contributed by atoms with Crippen LogP contribution in [-0.4, -0.2) is 41.0 Å². The van der Waals surface area contributed by atoms with Gasteiger partial charge in [-0.05, 0) is 55.1 Å². The predicted octanol–water partition coefficient (Wildman–Crippen LogP) is 2.77. The highest BCUT2D eigenvalue weighted by Gasteiger charge is 2.14. The van der Waals surface area contributed by atoms with Crippen molar-refractivity contribution in [1.82, 2.24) is 15.0 Å². The first-order valence-electron chi connectivity index (χ1n) is 9.44. The van der Waals surface area contributed by atoms with E-state index in [2.05, 4.69) is 15.0 Å². The van der Waals surface area contributed by atoms with Crippen molar-refractivity contribution in [2.24, 2.45) is 0 Å². The zero-order valence-electron chi connectivity index (χ0n) is 17.6. The predicted molar refractivity (Wildman–Crippen MR) is 123 cm³/mol. The average Bonchev–Trinajstić information content (AvgIpc) is 2.78. The highest BCUT2D eigenvalue weighted by molar-refractivity contribution is 7.90. The molecule has 1 amide bonds. The number of hydrogen-bond donors (Lipinski definition) is 2. The van der Waals surface area contributed by atoms with Gasteiger partial charge in [-0.1, -0.05) is 17.7 Å². The second-order valence-electron chi connectivity index (χ2n) is 6.87. The van der Waals surface area contributed by atoms with Crippen LogP contribution in [0.1, 0.15) is 15.9 Å². The van der Waals surface area contributed by atoms with E-state index in [-0.39, 0.29) is 32.8 Å². The van der Waals surface area contributed by atoms with Crippen LogP contribution in [0.5, 0.6) is 11.6 Å². The fourth-order valence-electron chi connectivity index (χ4n) is 2.68. The zero-order valence-corrected chi connectivity index (χ0v) is 20.0. The molecule has 1 heterocycles. The molecule has 0 saturated heterocycles. The highest BCUT2D eigenvalue weighted by Crippen LogP contribution is 2.22. The second kappa shape index (κ2) is 9.87. The van der Waals surface area contributed by atoms with Crippen LogP contribution in [0.3, 0.4) is 0 Å². The van der Waals surface area contributed by atoms with E-state index in [4.69, 9.17) is 16.3 Å². The van der Waals surface area contributed by atoms with E-state index in [0.29, 0.717) is 11.3 Å². The smallest absolute Gasteiger partial charge is 0.253 e. The summed E-state index contributed by atoms with van der Waals surface area (Å²) < 4.78 is 54.5. The summed E-state index contributed by atoms with van der Waals surface area (Å²) in [5.41, 5.74) is 0.825. The van der Waals surface area contributed by atoms with Gasteiger partial charge in [0, 0.05) is 30.1 Å². The summed E-state index contributed by atoms with van der Waals surface area (Å²) in [4.78, 5) is 16.7. The van der Waals surface area contributed by atoms with Gasteiger partial charge in [0.15, 0.2) is 9.84 Å². The van der Waals surface area contributed by atoms with Crippen molar-refractivity contribution < 1.29 is 26.4 Å². The van der Waals surface area contributed by atoms with E-state index >= 15 is 0 Å². The number of benzene rings is 2. The van der Waals surface area contributed by atoms with Crippen LogP contribution < -0.4 is 14.8 Å². The fraction of sp³-hybridized carbons (Fsp3) is 0.143. The number of aromatic nitrogens is 1. The van der Waals surface area contributed by atoms with Crippen molar-refractivity contribution in [2.45, 2.75) is 16.3 Å². The van der Waals surface area contributed by atoms with Gasteiger partial charge >= 0.3 is 0 Å². The molecular weight excluding hydrogens is 490 g/mol. The number of rotatable bonds is 8. The van der Waals surface area contributed by atoms with Gasteiger partial charge in [0.05, 0.1) is 15.4 Å². The summed E-state index contributed by atoms with van der Waals surface area (Å²) in [6.45, 7) is 0.0858. The number of nitrogens with zero attached hydrogens (tertiary/aromatic N) is 1. The summed E-state index contributed by atoms with van der Waals surface area (Å²) in [7, 11) is -5.61. The minimum absolute atomic E-state index is 0.0239. The quantitative estimate of drug-likeness (QED) is 0.477. The number of nitrogens with one attached hydrogen (secondary N) is 2. The van der Waals surface area contributed by atoms with Gasteiger partial charge in [0.2, 0.25) is 15.9 Å². The Morgan fingerprint density at radius 1 is 1.00 bits per heavy atom. The lowest BCUT2D eigenvalue weighted by molar-refractivity contribution is 0.0950. The largest absolute Gasteiger partial charge is 0.439 e. The van der Waals surface area contributed by atoms with Crippen molar-refractivity contribution in [3.8, 4) is 11.6 Å². The normalized spacial score (nSPS) is 11.7. The second-order valence-corrected chi connectivity index (χ2v) is 11.2. The molecule has 2 N–H and O–H groups in total. The minimum atomic E-state index is -3.62. The molecule has 0 saturated carbocycles. The van der Waals surface area contributed by atoms with E-state index < -0.39 is 25.8 Å². The lowest BCUT2D eigenvalue weighted by Crippen LogP contribution is -2.23. The number of carbonyl (C=O) groups is 1.